The summed E-state index contributed by atoms with van der Waals surface area (Å²) in [5.41, 5.74) is 2.11. The molecule has 0 N–H and O–H groups in total. The molecule has 91 valence electrons. The molecule has 0 aromatic heterocycles. The summed E-state index contributed by atoms with van der Waals surface area (Å²) >= 11 is 0. The van der Waals surface area contributed by atoms with Crippen molar-refractivity contribution in [1.82, 2.24) is 4.90 Å². The first-order chi connectivity index (χ1) is 8.07. The Labute approximate surface area is 103 Å². The second kappa shape index (κ2) is 6.09. The minimum Gasteiger partial charge on any atom is -0.463 e. The molecule has 0 unspecified atom stereocenters. The van der Waals surface area contributed by atoms with Gasteiger partial charge in [0.15, 0.2) is 0 Å². The number of rotatable bonds is 4. The molecule has 0 heterocycles. The Morgan fingerprint density at radius 2 is 1.88 bits per heavy atom. The van der Waals surface area contributed by atoms with Gasteiger partial charge in [-0.2, -0.15) is 0 Å². The highest BCUT2D eigenvalue weighted by Gasteiger charge is 2.15. The molecule has 1 rings (SSSR count). The zero-order chi connectivity index (χ0) is 12.8. The molecule has 0 saturated carbocycles. The van der Waals surface area contributed by atoms with E-state index in [0.29, 0.717) is 12.2 Å². The van der Waals surface area contributed by atoms with Crippen molar-refractivity contribution in [2.75, 3.05) is 20.7 Å². The third-order valence-electron chi connectivity index (χ3n) is 2.30. The Morgan fingerprint density at radius 1 is 1.29 bits per heavy atom. The summed E-state index contributed by atoms with van der Waals surface area (Å²) < 4.78 is 4.97. The van der Waals surface area contributed by atoms with Crippen LogP contribution >= 0.6 is 0 Å². The summed E-state index contributed by atoms with van der Waals surface area (Å²) in [5.74, 6) is -0.375. The number of carbonyl (C=O) groups excluding carboxylic acids is 1. The van der Waals surface area contributed by atoms with Gasteiger partial charge in [0.1, 0.15) is 0 Å². The van der Waals surface area contributed by atoms with E-state index in [-0.39, 0.29) is 5.97 Å². The van der Waals surface area contributed by atoms with Crippen LogP contribution in [0, 0.1) is 6.92 Å². The average Bonchev–Trinajstić information content (AvgIpc) is 2.30. The van der Waals surface area contributed by atoms with Crippen molar-refractivity contribution >= 4 is 11.7 Å². The number of benzene rings is 1. The molecule has 17 heavy (non-hydrogen) atoms. The lowest BCUT2D eigenvalue weighted by Crippen LogP contribution is -2.17. The first-order valence-electron chi connectivity index (χ1n) is 5.54. The highest BCUT2D eigenvalue weighted by molar-refractivity contribution is 5.98. The topological polar surface area (TPSA) is 29.5 Å². The maximum Gasteiger partial charge on any atom is 0.336 e. The molecule has 3 nitrogen and oxygen atoms in total. The minimum absolute atomic E-state index is 0.355. The van der Waals surface area contributed by atoms with Crippen molar-refractivity contribution in [1.29, 1.82) is 0 Å². The lowest BCUT2D eigenvalue weighted by Gasteiger charge is -2.20. The van der Waals surface area contributed by atoms with Gasteiger partial charge in [-0.15, -0.1) is 0 Å². The standard InChI is InChI=1S/C14H18NO2/c1-5-17-14(16)11(2)13(15(3)4)12-9-7-6-8-10-12/h6-10H,2,5H2,1,3-4H3. The van der Waals surface area contributed by atoms with Crippen LogP contribution in [0.25, 0.3) is 5.70 Å². The van der Waals surface area contributed by atoms with Gasteiger partial charge < -0.3 is 9.64 Å². The number of hydrogen-bond acceptors (Lipinski definition) is 3. The number of nitrogens with zero attached hydrogens (tertiary/aromatic N) is 1. The molecule has 0 aliphatic carbocycles. The fourth-order valence-electron chi connectivity index (χ4n) is 1.61. The lowest BCUT2D eigenvalue weighted by molar-refractivity contribution is -0.138. The molecular weight excluding hydrogens is 214 g/mol. The molecule has 1 aromatic rings. The summed E-state index contributed by atoms with van der Waals surface area (Å²) in [6.07, 6.45) is 0. The molecule has 1 radical (unpaired) electrons. The highest BCUT2D eigenvalue weighted by Crippen LogP contribution is 2.21. The van der Waals surface area contributed by atoms with E-state index >= 15 is 0 Å². The van der Waals surface area contributed by atoms with Gasteiger partial charge in [-0.1, -0.05) is 30.3 Å². The molecule has 0 aliphatic heterocycles. The predicted octanol–water partition coefficient (Wildman–Crippen LogP) is 2.36. The largest absolute Gasteiger partial charge is 0.463 e. The van der Waals surface area contributed by atoms with Crippen LogP contribution in [-0.4, -0.2) is 31.6 Å². The fourth-order valence-corrected chi connectivity index (χ4v) is 1.61. The number of hydrogen-bond donors (Lipinski definition) is 0. The van der Waals surface area contributed by atoms with Crippen LogP contribution in [0.15, 0.2) is 35.9 Å². The van der Waals surface area contributed by atoms with Gasteiger partial charge in [-0.25, -0.2) is 4.79 Å². The molecule has 0 aliphatic rings. The average molecular weight is 232 g/mol. The summed E-state index contributed by atoms with van der Waals surface area (Å²) in [5, 5.41) is 0. The van der Waals surface area contributed by atoms with Gasteiger partial charge in [0.2, 0.25) is 0 Å². The molecule has 0 fully saturated rings. The zero-order valence-corrected chi connectivity index (χ0v) is 10.6. The van der Waals surface area contributed by atoms with Crippen LogP contribution in [0.2, 0.25) is 0 Å². The van der Waals surface area contributed by atoms with Gasteiger partial charge in [-0.05, 0) is 19.4 Å². The molecular formula is C14H18NO2. The normalized spacial score (nSPS) is 11.8. The molecule has 0 bridgehead atoms. The Kier molecular flexibility index (Phi) is 4.76. The maximum absolute atomic E-state index is 11.7. The monoisotopic (exact) mass is 232 g/mol. The van der Waals surface area contributed by atoms with Crippen LogP contribution in [-0.2, 0) is 9.53 Å². The number of carbonyl (C=O) groups is 1. The summed E-state index contributed by atoms with van der Waals surface area (Å²) in [4.78, 5) is 13.6. The van der Waals surface area contributed by atoms with Gasteiger partial charge in [0.05, 0.1) is 17.9 Å². The highest BCUT2D eigenvalue weighted by atomic mass is 16.5. The Morgan fingerprint density at radius 3 is 2.35 bits per heavy atom. The molecule has 0 saturated heterocycles. The Balaban J connectivity index is 3.17. The van der Waals surface area contributed by atoms with Gasteiger partial charge in [0.25, 0.3) is 0 Å². The van der Waals surface area contributed by atoms with Crippen molar-refractivity contribution in [2.24, 2.45) is 0 Å². The third-order valence-corrected chi connectivity index (χ3v) is 2.30. The van der Waals surface area contributed by atoms with E-state index in [1.807, 2.05) is 49.3 Å². The van der Waals surface area contributed by atoms with Crippen molar-refractivity contribution < 1.29 is 9.53 Å². The summed E-state index contributed by atoms with van der Waals surface area (Å²) in [6, 6.07) is 9.68. The van der Waals surface area contributed by atoms with Crippen molar-refractivity contribution in [2.45, 2.75) is 6.92 Å². The van der Waals surface area contributed by atoms with Crippen molar-refractivity contribution in [3.63, 3.8) is 0 Å². The Hall–Kier alpha value is -1.77. The van der Waals surface area contributed by atoms with E-state index in [2.05, 4.69) is 6.92 Å². The van der Waals surface area contributed by atoms with E-state index in [0.717, 1.165) is 11.3 Å². The van der Waals surface area contributed by atoms with Crippen LogP contribution in [0.1, 0.15) is 12.5 Å². The lowest BCUT2D eigenvalue weighted by atomic mass is 10.1. The first kappa shape index (κ1) is 13.3. The smallest absolute Gasteiger partial charge is 0.336 e. The SMILES string of the molecule is [CH2]C(C(=O)OCC)=C(c1ccccc1)N(C)C. The van der Waals surface area contributed by atoms with E-state index in [4.69, 9.17) is 4.74 Å². The number of esters is 1. The van der Waals surface area contributed by atoms with Crippen LogP contribution in [0.3, 0.4) is 0 Å². The van der Waals surface area contributed by atoms with E-state index in [9.17, 15) is 4.79 Å². The van der Waals surface area contributed by atoms with Crippen LogP contribution in [0.4, 0.5) is 0 Å². The van der Waals surface area contributed by atoms with Gasteiger partial charge >= 0.3 is 5.97 Å². The maximum atomic E-state index is 11.7. The summed E-state index contributed by atoms with van der Waals surface area (Å²) in [6.45, 7) is 5.95. The summed E-state index contributed by atoms with van der Waals surface area (Å²) in [7, 11) is 3.76. The molecule has 3 heteroatoms. The zero-order valence-electron chi connectivity index (χ0n) is 10.6. The second-order valence-corrected chi connectivity index (χ2v) is 3.81. The van der Waals surface area contributed by atoms with Crippen molar-refractivity contribution in [3.05, 3.63) is 48.4 Å². The third kappa shape index (κ3) is 3.34. The second-order valence-electron chi connectivity index (χ2n) is 3.81. The predicted molar refractivity (Wildman–Crippen MR) is 69.0 cm³/mol. The van der Waals surface area contributed by atoms with Crippen LogP contribution in [0.5, 0.6) is 0 Å². The molecule has 0 spiro atoms. The minimum atomic E-state index is -0.375. The van der Waals surface area contributed by atoms with Gasteiger partial charge in [-0.3, -0.25) is 0 Å². The van der Waals surface area contributed by atoms with E-state index in [1.165, 1.54) is 0 Å². The van der Waals surface area contributed by atoms with Crippen molar-refractivity contribution in [3.8, 4) is 0 Å². The number of ether oxygens (including phenoxy) is 1. The van der Waals surface area contributed by atoms with E-state index < -0.39 is 0 Å². The molecule has 1 aromatic carbocycles. The quantitative estimate of drug-likeness (QED) is 0.589. The first-order valence-corrected chi connectivity index (χ1v) is 5.54. The Bertz CT molecular complexity index is 407. The van der Waals surface area contributed by atoms with Gasteiger partial charge in [0, 0.05) is 14.1 Å². The van der Waals surface area contributed by atoms with Crippen LogP contribution < -0.4 is 0 Å². The molecule has 0 atom stereocenters. The molecule has 0 amide bonds. The van der Waals surface area contributed by atoms with E-state index in [1.54, 1.807) is 6.92 Å². The fraction of sp³-hybridized carbons (Fsp3) is 0.286.